The smallest absolute Gasteiger partial charge is 0.106 e. The fourth-order valence-electron chi connectivity index (χ4n) is 6.93. The molecular formula is C21H29FO3. The minimum atomic E-state index is -0.659. The van der Waals surface area contributed by atoms with Crippen molar-refractivity contribution in [3.8, 4) is 12.1 Å². The van der Waals surface area contributed by atoms with E-state index >= 15 is 0 Å². The van der Waals surface area contributed by atoms with Gasteiger partial charge in [0, 0.05) is 0 Å². The molecule has 0 amide bonds. The van der Waals surface area contributed by atoms with Crippen molar-refractivity contribution in [1.82, 2.24) is 0 Å². The van der Waals surface area contributed by atoms with Crippen molar-refractivity contribution in [2.45, 2.75) is 70.7 Å². The zero-order valence-corrected chi connectivity index (χ0v) is 15.1. The lowest BCUT2D eigenvalue weighted by molar-refractivity contribution is -0.108. The predicted molar refractivity (Wildman–Crippen MR) is 92.9 cm³/mol. The van der Waals surface area contributed by atoms with Gasteiger partial charge in [-0.05, 0) is 72.7 Å². The van der Waals surface area contributed by atoms with Gasteiger partial charge in [-0.25, -0.2) is 0 Å². The minimum Gasteiger partial charge on any atom is -0.393 e. The van der Waals surface area contributed by atoms with Gasteiger partial charge in [0.05, 0.1) is 24.2 Å². The number of halogens is 1. The lowest BCUT2D eigenvalue weighted by Gasteiger charge is -2.59. The van der Waals surface area contributed by atoms with E-state index < -0.39 is 18.1 Å². The van der Waals surface area contributed by atoms with Crippen LogP contribution in [0.5, 0.6) is 0 Å². The van der Waals surface area contributed by atoms with Gasteiger partial charge in [-0.15, -0.1) is 4.39 Å². The highest BCUT2D eigenvalue weighted by atomic mass is 19.1. The molecule has 0 heterocycles. The molecule has 0 aromatic rings. The fourth-order valence-corrected chi connectivity index (χ4v) is 6.93. The Bertz CT molecular complexity index is 649. The first-order chi connectivity index (χ1) is 11.8. The van der Waals surface area contributed by atoms with Crippen molar-refractivity contribution in [2.75, 3.05) is 0 Å². The van der Waals surface area contributed by atoms with E-state index in [1.54, 1.807) is 0 Å². The van der Waals surface area contributed by atoms with Crippen molar-refractivity contribution in [1.29, 1.82) is 0 Å². The molecule has 138 valence electrons. The normalized spacial score (nSPS) is 54.5. The van der Waals surface area contributed by atoms with Crippen LogP contribution in [0.2, 0.25) is 0 Å². The molecule has 0 radical (unpaired) electrons. The summed E-state index contributed by atoms with van der Waals surface area (Å²) in [5, 5.41) is 31.8. The van der Waals surface area contributed by atoms with Gasteiger partial charge in [0.2, 0.25) is 0 Å². The molecule has 4 aliphatic carbocycles. The molecule has 0 saturated heterocycles. The molecule has 0 aliphatic heterocycles. The molecule has 4 rings (SSSR count). The summed E-state index contributed by atoms with van der Waals surface area (Å²) in [4.78, 5) is 0. The Hall–Kier alpha value is -0.890. The van der Waals surface area contributed by atoms with Gasteiger partial charge in [0.25, 0.3) is 0 Å². The first-order valence-electron chi connectivity index (χ1n) is 9.70. The third-order valence-corrected chi connectivity index (χ3v) is 8.39. The van der Waals surface area contributed by atoms with E-state index in [1.807, 2.05) is 6.08 Å². The maximum atomic E-state index is 12.7. The second kappa shape index (κ2) is 5.81. The third-order valence-electron chi connectivity index (χ3n) is 8.39. The van der Waals surface area contributed by atoms with E-state index in [9.17, 15) is 19.7 Å². The monoisotopic (exact) mass is 348 g/mol. The minimum absolute atomic E-state index is 0.101. The number of hydrogen-bond acceptors (Lipinski definition) is 3. The zero-order valence-electron chi connectivity index (χ0n) is 15.1. The van der Waals surface area contributed by atoms with Crippen LogP contribution in [0.4, 0.5) is 4.39 Å². The van der Waals surface area contributed by atoms with Crippen LogP contribution in [-0.2, 0) is 0 Å². The second-order valence-corrected chi connectivity index (χ2v) is 9.28. The van der Waals surface area contributed by atoms with Crippen LogP contribution in [0.3, 0.4) is 0 Å². The number of aliphatic hydroxyl groups is 3. The van der Waals surface area contributed by atoms with Crippen LogP contribution >= 0.6 is 0 Å². The summed E-state index contributed by atoms with van der Waals surface area (Å²) in [7, 11) is 0. The van der Waals surface area contributed by atoms with Crippen molar-refractivity contribution >= 4 is 0 Å². The van der Waals surface area contributed by atoms with Gasteiger partial charge in [-0.1, -0.05) is 25.8 Å². The van der Waals surface area contributed by atoms with Crippen molar-refractivity contribution in [3.63, 3.8) is 0 Å². The molecule has 0 spiro atoms. The summed E-state index contributed by atoms with van der Waals surface area (Å²) < 4.78 is 12.7. The average molecular weight is 348 g/mol. The highest BCUT2D eigenvalue weighted by Crippen LogP contribution is 2.65. The Balaban J connectivity index is 1.77. The summed E-state index contributed by atoms with van der Waals surface area (Å²) in [6, 6.07) is 0. The zero-order chi connectivity index (χ0) is 18.0. The highest BCUT2D eigenvalue weighted by molar-refractivity contribution is 5.35. The van der Waals surface area contributed by atoms with Crippen LogP contribution < -0.4 is 0 Å². The molecule has 4 heteroatoms. The van der Waals surface area contributed by atoms with E-state index in [-0.39, 0.29) is 22.9 Å². The highest BCUT2D eigenvalue weighted by Gasteiger charge is 2.61. The second-order valence-electron chi connectivity index (χ2n) is 9.28. The predicted octanol–water partition coefficient (Wildman–Crippen LogP) is 2.80. The lowest BCUT2D eigenvalue weighted by atomic mass is 9.46. The summed E-state index contributed by atoms with van der Waals surface area (Å²) in [5.74, 6) is 2.81. The van der Waals surface area contributed by atoms with Gasteiger partial charge in [-0.3, -0.25) is 0 Å². The molecule has 0 aromatic heterocycles. The number of aliphatic hydroxyl groups excluding tert-OH is 3. The number of hydrogen-bond donors (Lipinski definition) is 3. The SMILES string of the molecule is C[C@]12CCC(O)C(C#CF)C1=CC(O)[C@@H]1[C@H]2CC[C@]2(C)C(O)CC[C@@H]12. The topological polar surface area (TPSA) is 60.7 Å². The van der Waals surface area contributed by atoms with Crippen LogP contribution in [-0.4, -0.2) is 33.6 Å². The molecule has 3 N–H and O–H groups in total. The first kappa shape index (κ1) is 17.5. The third kappa shape index (κ3) is 2.29. The van der Waals surface area contributed by atoms with Gasteiger partial charge >= 0.3 is 0 Å². The van der Waals surface area contributed by atoms with Crippen LogP contribution in [0.25, 0.3) is 0 Å². The molecule has 3 fully saturated rings. The largest absolute Gasteiger partial charge is 0.393 e. The first-order valence-corrected chi connectivity index (χ1v) is 9.70. The average Bonchev–Trinajstić information content (AvgIpc) is 2.88. The molecule has 9 atom stereocenters. The van der Waals surface area contributed by atoms with Gasteiger partial charge < -0.3 is 15.3 Å². The summed E-state index contributed by atoms with van der Waals surface area (Å²) in [5.41, 5.74) is 0.690. The van der Waals surface area contributed by atoms with Crippen LogP contribution in [0.1, 0.15) is 52.4 Å². The van der Waals surface area contributed by atoms with Crippen molar-refractivity contribution in [2.24, 2.45) is 34.5 Å². The maximum absolute atomic E-state index is 12.7. The standard InChI is InChI=1S/C21H29FO3/c1-20-9-6-16(23)12(7-10-22)15(20)11-17(24)19-13-3-4-18(25)21(13,2)8-5-14(19)20/h11-14,16-19,23-25H,3-6,8-9H2,1-2H3/t12?,13-,14+,16?,17?,18?,19-,20+,21-/m0/s1. The Labute approximate surface area is 149 Å². The molecule has 0 bridgehead atoms. The Morgan fingerprint density at radius 1 is 1.04 bits per heavy atom. The van der Waals surface area contributed by atoms with E-state index in [0.29, 0.717) is 18.3 Å². The van der Waals surface area contributed by atoms with Gasteiger partial charge in [0.1, 0.15) is 6.17 Å². The molecule has 25 heavy (non-hydrogen) atoms. The molecule has 4 aliphatic rings. The van der Waals surface area contributed by atoms with Crippen LogP contribution in [0.15, 0.2) is 11.6 Å². The summed E-state index contributed by atoms with van der Waals surface area (Å²) in [6.45, 7) is 4.40. The maximum Gasteiger partial charge on any atom is 0.106 e. The Morgan fingerprint density at radius 2 is 1.80 bits per heavy atom. The summed E-state index contributed by atoms with van der Waals surface area (Å²) in [6.07, 6.45) is 7.01. The lowest BCUT2D eigenvalue weighted by Crippen LogP contribution is -2.56. The quantitative estimate of drug-likeness (QED) is 0.466. The molecule has 3 saturated carbocycles. The molecule has 4 unspecified atom stereocenters. The Kier molecular flexibility index (Phi) is 4.07. The number of fused-ring (bicyclic) bond motifs is 5. The summed E-state index contributed by atoms with van der Waals surface area (Å²) >= 11 is 0. The van der Waals surface area contributed by atoms with Crippen LogP contribution in [0, 0.1) is 46.6 Å². The van der Waals surface area contributed by atoms with E-state index in [0.717, 1.165) is 37.7 Å². The molecule has 0 aromatic carbocycles. The fraction of sp³-hybridized carbons (Fsp3) is 0.810. The van der Waals surface area contributed by atoms with Gasteiger partial charge in [0.15, 0.2) is 0 Å². The molecule has 3 nitrogen and oxygen atoms in total. The van der Waals surface area contributed by atoms with Crippen molar-refractivity contribution in [3.05, 3.63) is 11.6 Å². The van der Waals surface area contributed by atoms with Crippen molar-refractivity contribution < 1.29 is 19.7 Å². The number of rotatable bonds is 0. The van der Waals surface area contributed by atoms with E-state index in [1.165, 1.54) is 6.17 Å². The Morgan fingerprint density at radius 3 is 2.52 bits per heavy atom. The van der Waals surface area contributed by atoms with E-state index in [4.69, 9.17) is 0 Å². The molecular weight excluding hydrogens is 319 g/mol. The van der Waals surface area contributed by atoms with E-state index in [2.05, 4.69) is 19.8 Å². The van der Waals surface area contributed by atoms with Gasteiger partial charge in [-0.2, -0.15) is 0 Å².